The summed E-state index contributed by atoms with van der Waals surface area (Å²) in [5.41, 5.74) is 12.0. The molecule has 3 aromatic rings. The van der Waals surface area contributed by atoms with Gasteiger partial charge in [-0.3, -0.25) is 16.3 Å². The van der Waals surface area contributed by atoms with E-state index in [4.69, 9.17) is 15.6 Å². The van der Waals surface area contributed by atoms with Gasteiger partial charge in [0.05, 0.1) is 18.9 Å². The van der Waals surface area contributed by atoms with E-state index in [-0.39, 0.29) is 28.9 Å². The second-order valence-electron chi connectivity index (χ2n) is 15.0. The van der Waals surface area contributed by atoms with Crippen LogP contribution < -0.4 is 16.2 Å². The molecule has 4 unspecified atom stereocenters. The lowest BCUT2D eigenvalue weighted by molar-refractivity contribution is 0.120. The van der Waals surface area contributed by atoms with Gasteiger partial charge in [0.1, 0.15) is 0 Å². The second-order valence-corrected chi connectivity index (χ2v) is 15.0. The molecule has 1 aromatic heterocycles. The van der Waals surface area contributed by atoms with E-state index in [1.54, 1.807) is 12.1 Å². The monoisotopic (exact) mass is 698 g/mol. The van der Waals surface area contributed by atoms with Crippen molar-refractivity contribution in [3.05, 3.63) is 120 Å². The van der Waals surface area contributed by atoms with Crippen LogP contribution in [0.25, 0.3) is 11.1 Å². The summed E-state index contributed by atoms with van der Waals surface area (Å²) in [6.45, 7) is 27.8. The fourth-order valence-corrected chi connectivity index (χ4v) is 7.81. The third-order valence-electron chi connectivity index (χ3n) is 10.7. The molecule has 4 atom stereocenters. The molecule has 0 spiro atoms. The van der Waals surface area contributed by atoms with Gasteiger partial charge in [-0.15, -0.1) is 0 Å². The smallest absolute Gasteiger partial charge is 0.263 e. The zero-order valence-electron chi connectivity index (χ0n) is 31.8. The highest BCUT2D eigenvalue weighted by Gasteiger charge is 2.43. The number of halogens is 2. The average Bonchev–Trinajstić information content (AvgIpc) is 3.43. The Morgan fingerprint density at radius 2 is 1.82 bits per heavy atom. The van der Waals surface area contributed by atoms with Crippen LogP contribution in [0.3, 0.4) is 0 Å². The summed E-state index contributed by atoms with van der Waals surface area (Å²) in [5, 5.41) is 0. The molecule has 0 radical (unpaired) electrons. The minimum Gasteiger partial charge on any atom is -0.501 e. The fraction of sp³-hybridized carbons (Fsp3) is 0.477. The predicted molar refractivity (Wildman–Crippen MR) is 210 cm³/mol. The fourth-order valence-electron chi connectivity index (χ4n) is 7.81. The van der Waals surface area contributed by atoms with Crippen LogP contribution in [0.15, 0.2) is 91.9 Å². The Bertz CT molecular complexity index is 1650. The molecule has 7 heteroatoms. The number of fused-ring (bicyclic) bond motifs is 1. The molecular weight excluding hydrogens is 639 g/mol. The quantitative estimate of drug-likeness (QED) is 0.0404. The van der Waals surface area contributed by atoms with Gasteiger partial charge in [0.2, 0.25) is 0 Å². The summed E-state index contributed by atoms with van der Waals surface area (Å²) in [4.78, 5) is 7.43. The van der Waals surface area contributed by atoms with Crippen LogP contribution in [0.1, 0.15) is 126 Å². The van der Waals surface area contributed by atoms with Crippen molar-refractivity contribution in [2.75, 3.05) is 24.6 Å². The van der Waals surface area contributed by atoms with Crippen LogP contribution in [-0.4, -0.2) is 24.7 Å². The number of rotatable bonds is 20. The third kappa shape index (κ3) is 9.55. The van der Waals surface area contributed by atoms with Gasteiger partial charge in [-0.05, 0) is 120 Å². The van der Waals surface area contributed by atoms with Crippen LogP contribution in [-0.2, 0) is 11.2 Å². The number of alkyl halides is 2. The van der Waals surface area contributed by atoms with Crippen LogP contribution in [0, 0.1) is 11.3 Å². The van der Waals surface area contributed by atoms with Gasteiger partial charge < -0.3 is 9.64 Å². The Balaban J connectivity index is 1.81. The molecule has 2 heterocycles. The van der Waals surface area contributed by atoms with Crippen molar-refractivity contribution in [3.63, 3.8) is 0 Å². The van der Waals surface area contributed by atoms with Gasteiger partial charge in [0.15, 0.2) is 0 Å². The first-order valence-electron chi connectivity index (χ1n) is 18.7. The van der Waals surface area contributed by atoms with Crippen molar-refractivity contribution < 1.29 is 13.5 Å². The molecule has 0 saturated carbocycles. The average molecular weight is 699 g/mol. The van der Waals surface area contributed by atoms with E-state index in [9.17, 15) is 8.78 Å². The number of nitrogens with one attached hydrogen (secondary N) is 1. The van der Waals surface area contributed by atoms with Gasteiger partial charge in [-0.25, -0.2) is 8.78 Å². The molecule has 4 rings (SSSR count). The van der Waals surface area contributed by atoms with Crippen molar-refractivity contribution in [2.45, 2.75) is 104 Å². The molecule has 1 aliphatic heterocycles. The van der Waals surface area contributed by atoms with Crippen molar-refractivity contribution in [2.24, 2.45) is 17.2 Å². The van der Waals surface area contributed by atoms with Crippen LogP contribution in [0.5, 0.6) is 0 Å². The van der Waals surface area contributed by atoms with E-state index in [2.05, 4.69) is 108 Å². The number of ether oxygens (including phenoxy) is 1. The van der Waals surface area contributed by atoms with Crippen molar-refractivity contribution in [1.82, 2.24) is 10.4 Å². The van der Waals surface area contributed by atoms with Crippen molar-refractivity contribution in [1.29, 1.82) is 0 Å². The Hall–Kier alpha value is -3.81. The van der Waals surface area contributed by atoms with E-state index in [0.29, 0.717) is 25.5 Å². The van der Waals surface area contributed by atoms with Gasteiger partial charge in [0, 0.05) is 42.1 Å². The number of pyridine rings is 1. The van der Waals surface area contributed by atoms with E-state index in [0.717, 1.165) is 72.2 Å². The summed E-state index contributed by atoms with van der Waals surface area (Å²) in [6.07, 6.45) is 5.82. The molecule has 51 heavy (non-hydrogen) atoms. The first-order chi connectivity index (χ1) is 24.4. The van der Waals surface area contributed by atoms with Crippen LogP contribution in [0.4, 0.5) is 14.5 Å². The third-order valence-corrected chi connectivity index (χ3v) is 10.7. The normalized spacial score (nSPS) is 16.9. The highest BCUT2D eigenvalue weighted by molar-refractivity contribution is 5.74. The maximum absolute atomic E-state index is 14.5. The first kappa shape index (κ1) is 40.0. The lowest BCUT2D eigenvalue weighted by Gasteiger charge is -2.35. The van der Waals surface area contributed by atoms with Crippen LogP contribution >= 0.6 is 0 Å². The lowest BCUT2D eigenvalue weighted by Crippen LogP contribution is -2.31. The highest BCUT2D eigenvalue weighted by Crippen LogP contribution is 2.55. The lowest BCUT2D eigenvalue weighted by atomic mass is 9.75. The predicted octanol–water partition coefficient (Wildman–Crippen LogP) is 11.4. The van der Waals surface area contributed by atoms with E-state index < -0.39 is 6.43 Å². The number of benzene rings is 2. The molecular formula is C44H60F2N4O. The number of hydrazine groups is 1. The van der Waals surface area contributed by atoms with Crippen molar-refractivity contribution >= 4 is 5.69 Å². The van der Waals surface area contributed by atoms with Gasteiger partial charge in [-0.2, -0.15) is 0 Å². The topological polar surface area (TPSA) is 63.4 Å². The molecule has 0 aliphatic carbocycles. The number of nitrogens with zero attached hydrogens (tertiary/aromatic N) is 2. The summed E-state index contributed by atoms with van der Waals surface area (Å²) < 4.78 is 34.7. The van der Waals surface area contributed by atoms with Gasteiger partial charge in [-0.1, -0.05) is 84.2 Å². The van der Waals surface area contributed by atoms with E-state index in [1.807, 2.05) is 6.20 Å². The second kappa shape index (κ2) is 18.1. The number of allylic oxidation sites excluding steroid dienone is 2. The Morgan fingerprint density at radius 1 is 1.06 bits per heavy atom. The number of aromatic nitrogens is 1. The SMILES string of the molecule is C=COCC(C)(C)CC1c2cc(-c3cc(CC(CC)C(=C)C(=C)CCCNN)cc(C(F)F)c3)ccc2N(CC)C1c1cccnc1C(C)CC. The number of nitrogens with two attached hydrogens (primary N) is 1. The van der Waals surface area contributed by atoms with Crippen molar-refractivity contribution in [3.8, 4) is 11.1 Å². The molecule has 0 amide bonds. The van der Waals surface area contributed by atoms with Gasteiger partial charge >= 0.3 is 0 Å². The summed E-state index contributed by atoms with van der Waals surface area (Å²) in [5.74, 6) is 6.00. The molecule has 3 N–H and O–H groups in total. The zero-order valence-corrected chi connectivity index (χ0v) is 31.8. The highest BCUT2D eigenvalue weighted by atomic mass is 19.3. The van der Waals surface area contributed by atoms with E-state index >= 15 is 0 Å². The number of anilines is 1. The minimum absolute atomic E-state index is 0.0391. The van der Waals surface area contributed by atoms with Crippen LogP contribution in [0.2, 0.25) is 0 Å². The Labute approximate surface area is 306 Å². The maximum Gasteiger partial charge on any atom is 0.263 e. The summed E-state index contributed by atoms with van der Waals surface area (Å²) in [7, 11) is 0. The number of hydrogen-bond donors (Lipinski definition) is 2. The summed E-state index contributed by atoms with van der Waals surface area (Å²) >= 11 is 0. The summed E-state index contributed by atoms with van der Waals surface area (Å²) in [6, 6.07) is 16.3. The molecule has 0 saturated heterocycles. The Morgan fingerprint density at radius 3 is 2.47 bits per heavy atom. The molecule has 1 aliphatic rings. The zero-order chi connectivity index (χ0) is 37.3. The number of likely N-dealkylation sites (N-methyl/N-ethyl adjacent to an activating group) is 1. The first-order valence-corrected chi connectivity index (χ1v) is 18.7. The molecule has 0 bridgehead atoms. The minimum atomic E-state index is -2.58. The standard InChI is InChI=1S/C44H60F2N4O/c1-10-29(5)41-37(17-15-20-48-41)42-39(27-44(8,9)28-51-13-4)38-26-34(18-19-40(38)50(42)12-3)35-23-32(24-36(25-35)43(45)46)22-33(11-2)31(7)30(6)16-14-21-49-47/h13,15,17-20,23-26,29,33,39,42-43,49H,4,6-7,10-12,14,16,21-22,27-28,47H2,1-3,5,8-9H3. The van der Waals surface area contributed by atoms with E-state index in [1.165, 1.54) is 23.1 Å². The molecule has 276 valence electrons. The molecule has 5 nitrogen and oxygen atoms in total. The molecule has 0 fully saturated rings. The molecule has 2 aromatic carbocycles. The largest absolute Gasteiger partial charge is 0.501 e. The Kier molecular flexibility index (Phi) is 14.2. The number of hydrogen-bond acceptors (Lipinski definition) is 5. The van der Waals surface area contributed by atoms with Gasteiger partial charge in [0.25, 0.3) is 6.43 Å². The maximum atomic E-state index is 14.5.